The molecule has 2 rings (SSSR count). The summed E-state index contributed by atoms with van der Waals surface area (Å²) in [6.45, 7) is 0.548. The minimum Gasteiger partial charge on any atom is -0.489 e. The topological polar surface area (TPSA) is 46.5 Å². The molecule has 0 atom stereocenters. The lowest BCUT2D eigenvalue weighted by Crippen LogP contribution is -1.94. The molecule has 0 aliphatic rings. The molecule has 0 aromatic heterocycles. The van der Waals surface area contributed by atoms with E-state index in [0.717, 1.165) is 23.3 Å². The molecule has 0 unspecified atom stereocenters. The summed E-state index contributed by atoms with van der Waals surface area (Å²) in [7, 11) is 0. The third-order valence-electron chi connectivity index (χ3n) is 3.18. The normalized spacial score (nSPS) is 10.7. The second-order valence-electron chi connectivity index (χ2n) is 5.04. The monoisotopic (exact) mass is 296 g/mol. The Hall–Kier alpha value is -2.55. The van der Waals surface area contributed by atoms with Crippen LogP contribution in [0.4, 0.5) is 0 Å². The van der Waals surface area contributed by atoms with E-state index in [9.17, 15) is 4.79 Å². The van der Waals surface area contributed by atoms with E-state index in [1.54, 1.807) is 0 Å². The van der Waals surface area contributed by atoms with Gasteiger partial charge in [-0.2, -0.15) is 0 Å². The van der Waals surface area contributed by atoms with Crippen LogP contribution < -0.4 is 4.74 Å². The molecule has 0 spiro atoms. The van der Waals surface area contributed by atoms with E-state index in [1.165, 1.54) is 0 Å². The van der Waals surface area contributed by atoms with E-state index in [-0.39, 0.29) is 6.42 Å². The number of hydrogen-bond acceptors (Lipinski definition) is 2. The first-order chi connectivity index (χ1) is 10.7. The van der Waals surface area contributed by atoms with Crippen LogP contribution in [0, 0.1) is 0 Å². The molecule has 2 aromatic rings. The zero-order chi connectivity index (χ0) is 15.6. The molecule has 114 valence electrons. The Balaban J connectivity index is 1.84. The van der Waals surface area contributed by atoms with E-state index in [1.807, 2.05) is 66.7 Å². The molecule has 2 aromatic carbocycles. The van der Waals surface area contributed by atoms with Crippen LogP contribution in [0.3, 0.4) is 0 Å². The van der Waals surface area contributed by atoms with Crippen LogP contribution >= 0.6 is 0 Å². The van der Waals surface area contributed by atoms with E-state index in [2.05, 4.69) is 0 Å². The fraction of sp³-hybridized carbons (Fsp3) is 0.211. The van der Waals surface area contributed by atoms with Crippen molar-refractivity contribution in [2.45, 2.75) is 25.9 Å². The zero-order valence-electron chi connectivity index (χ0n) is 12.4. The average Bonchev–Trinajstić information content (AvgIpc) is 2.54. The predicted octanol–water partition coefficient (Wildman–Crippen LogP) is 4.53. The molecule has 0 heterocycles. The van der Waals surface area contributed by atoms with Gasteiger partial charge in [0, 0.05) is 6.42 Å². The van der Waals surface area contributed by atoms with Gasteiger partial charge in [0.25, 0.3) is 0 Å². The fourth-order valence-corrected chi connectivity index (χ4v) is 2.04. The van der Waals surface area contributed by atoms with Crippen molar-refractivity contribution in [2.75, 3.05) is 0 Å². The molecule has 0 radical (unpaired) electrons. The smallest absolute Gasteiger partial charge is 0.303 e. The lowest BCUT2D eigenvalue weighted by Gasteiger charge is -2.06. The van der Waals surface area contributed by atoms with Crippen molar-refractivity contribution in [3.63, 3.8) is 0 Å². The van der Waals surface area contributed by atoms with Crippen molar-refractivity contribution < 1.29 is 14.6 Å². The molecular weight excluding hydrogens is 276 g/mol. The lowest BCUT2D eigenvalue weighted by molar-refractivity contribution is -0.137. The van der Waals surface area contributed by atoms with E-state index in [0.29, 0.717) is 13.0 Å². The van der Waals surface area contributed by atoms with Gasteiger partial charge in [-0.05, 0) is 36.1 Å². The van der Waals surface area contributed by atoms with Gasteiger partial charge in [0.05, 0.1) is 0 Å². The van der Waals surface area contributed by atoms with Gasteiger partial charge in [0.15, 0.2) is 0 Å². The van der Waals surface area contributed by atoms with E-state index >= 15 is 0 Å². The number of allylic oxidation sites excluding steroid dienone is 1. The summed E-state index contributed by atoms with van der Waals surface area (Å²) in [4.78, 5) is 10.4. The first kappa shape index (κ1) is 15.8. The number of benzene rings is 2. The van der Waals surface area contributed by atoms with Crippen molar-refractivity contribution in [1.82, 2.24) is 0 Å². The molecule has 0 aliphatic carbocycles. The minimum atomic E-state index is -0.746. The van der Waals surface area contributed by atoms with Gasteiger partial charge in [0.2, 0.25) is 0 Å². The highest BCUT2D eigenvalue weighted by Crippen LogP contribution is 2.16. The molecule has 0 saturated heterocycles. The number of carboxylic acids is 1. The molecule has 0 amide bonds. The van der Waals surface area contributed by atoms with Gasteiger partial charge < -0.3 is 9.84 Å². The summed E-state index contributed by atoms with van der Waals surface area (Å²) in [5, 5.41) is 8.58. The van der Waals surface area contributed by atoms with Crippen LogP contribution in [0.1, 0.15) is 30.4 Å². The number of carboxylic acid groups (broad SMARTS) is 1. The standard InChI is InChI=1S/C19H20O3/c20-19(21)13-6-2-3-8-16-11-7-12-18(14-16)22-15-17-9-4-1-5-10-17/h1,3-5,7-12,14H,2,6,13,15H2,(H,20,21). The number of carbonyl (C=O) groups is 1. The SMILES string of the molecule is O=C(O)CCCC=Cc1cccc(OCc2ccccc2)c1. The Morgan fingerprint density at radius 2 is 1.91 bits per heavy atom. The predicted molar refractivity (Wildman–Crippen MR) is 87.7 cm³/mol. The fourth-order valence-electron chi connectivity index (χ4n) is 2.04. The van der Waals surface area contributed by atoms with Crippen LogP contribution in [0.15, 0.2) is 60.7 Å². The Morgan fingerprint density at radius 3 is 2.68 bits per heavy atom. The van der Waals surface area contributed by atoms with Crippen LogP contribution in [0.25, 0.3) is 6.08 Å². The number of rotatable bonds is 8. The highest BCUT2D eigenvalue weighted by atomic mass is 16.5. The van der Waals surface area contributed by atoms with Crippen molar-refractivity contribution >= 4 is 12.0 Å². The Labute approximate surface area is 130 Å². The first-order valence-electron chi connectivity index (χ1n) is 7.39. The number of hydrogen-bond donors (Lipinski definition) is 1. The average molecular weight is 296 g/mol. The van der Waals surface area contributed by atoms with Crippen molar-refractivity contribution in [2.24, 2.45) is 0 Å². The Kier molecular flexibility index (Phi) is 6.24. The molecule has 0 saturated carbocycles. The molecule has 0 bridgehead atoms. The third kappa shape index (κ3) is 5.83. The lowest BCUT2D eigenvalue weighted by atomic mass is 10.1. The highest BCUT2D eigenvalue weighted by Gasteiger charge is 1.97. The summed E-state index contributed by atoms with van der Waals surface area (Å²) >= 11 is 0. The van der Waals surface area contributed by atoms with E-state index in [4.69, 9.17) is 9.84 Å². The van der Waals surface area contributed by atoms with Gasteiger partial charge in [-0.3, -0.25) is 4.79 Å². The van der Waals surface area contributed by atoms with Crippen molar-refractivity contribution in [1.29, 1.82) is 0 Å². The summed E-state index contributed by atoms with van der Waals surface area (Å²) in [6.07, 6.45) is 5.64. The van der Waals surface area contributed by atoms with Gasteiger partial charge in [-0.15, -0.1) is 0 Å². The van der Waals surface area contributed by atoms with Gasteiger partial charge in [0.1, 0.15) is 12.4 Å². The summed E-state index contributed by atoms with van der Waals surface area (Å²) in [5.41, 5.74) is 2.19. The number of ether oxygens (including phenoxy) is 1. The summed E-state index contributed by atoms with van der Waals surface area (Å²) in [6, 6.07) is 17.9. The van der Waals surface area contributed by atoms with Gasteiger partial charge in [-0.1, -0.05) is 54.6 Å². The van der Waals surface area contributed by atoms with E-state index < -0.39 is 5.97 Å². The number of unbranched alkanes of at least 4 members (excludes halogenated alkanes) is 1. The van der Waals surface area contributed by atoms with Crippen molar-refractivity contribution in [3.8, 4) is 5.75 Å². The zero-order valence-corrected chi connectivity index (χ0v) is 12.4. The van der Waals surface area contributed by atoms with Crippen molar-refractivity contribution in [3.05, 3.63) is 71.8 Å². The van der Waals surface area contributed by atoms with Gasteiger partial charge in [-0.25, -0.2) is 0 Å². The maximum absolute atomic E-state index is 10.4. The summed E-state index contributed by atoms with van der Waals surface area (Å²) < 4.78 is 5.78. The van der Waals surface area contributed by atoms with Crippen LogP contribution in [0.5, 0.6) is 5.75 Å². The first-order valence-corrected chi connectivity index (χ1v) is 7.39. The minimum absolute atomic E-state index is 0.213. The highest BCUT2D eigenvalue weighted by molar-refractivity contribution is 5.66. The molecule has 0 aliphatic heterocycles. The quantitative estimate of drug-likeness (QED) is 0.728. The molecule has 3 heteroatoms. The maximum Gasteiger partial charge on any atom is 0.303 e. The Morgan fingerprint density at radius 1 is 1.09 bits per heavy atom. The van der Waals surface area contributed by atoms with Crippen LogP contribution in [-0.4, -0.2) is 11.1 Å². The van der Waals surface area contributed by atoms with Crippen LogP contribution in [-0.2, 0) is 11.4 Å². The second-order valence-corrected chi connectivity index (χ2v) is 5.04. The third-order valence-corrected chi connectivity index (χ3v) is 3.18. The molecule has 3 nitrogen and oxygen atoms in total. The molecule has 0 fully saturated rings. The van der Waals surface area contributed by atoms with Gasteiger partial charge >= 0.3 is 5.97 Å². The summed E-state index contributed by atoms with van der Waals surface area (Å²) in [5.74, 6) is 0.0845. The second kappa shape index (κ2) is 8.67. The molecule has 22 heavy (non-hydrogen) atoms. The molecule has 1 N–H and O–H groups in total. The molecular formula is C19H20O3. The Bertz CT molecular complexity index is 618. The number of aliphatic carboxylic acids is 1. The largest absolute Gasteiger partial charge is 0.489 e. The van der Waals surface area contributed by atoms with Crippen LogP contribution in [0.2, 0.25) is 0 Å². The maximum atomic E-state index is 10.4.